The highest BCUT2D eigenvalue weighted by Crippen LogP contribution is 2.48. The molecule has 1 aliphatic rings. The zero-order valence-electron chi connectivity index (χ0n) is 13.1. The fraction of sp³-hybridized carbons (Fsp3) is 0.0909. The summed E-state index contributed by atoms with van der Waals surface area (Å²) in [5, 5.41) is 14.4. The van der Waals surface area contributed by atoms with Crippen LogP contribution in [0.1, 0.15) is 11.1 Å². The van der Waals surface area contributed by atoms with Crippen molar-refractivity contribution < 1.29 is 9.84 Å². The summed E-state index contributed by atoms with van der Waals surface area (Å²) in [4.78, 5) is 0. The monoisotopic (exact) mass is 312 g/mol. The van der Waals surface area contributed by atoms with Gasteiger partial charge in [0.1, 0.15) is 12.4 Å². The Hall–Kier alpha value is -2.84. The maximum atomic E-state index is 9.85. The molecule has 1 aliphatic heterocycles. The van der Waals surface area contributed by atoms with Crippen LogP contribution in [0.4, 0.5) is 0 Å². The lowest BCUT2D eigenvalue weighted by atomic mass is 9.89. The molecular weight excluding hydrogens is 296 g/mol. The number of rotatable bonds is 2. The molecule has 4 aromatic carbocycles. The summed E-state index contributed by atoms with van der Waals surface area (Å²) in [5.74, 6) is 0.917. The standard InChI is InChI=1S/C22H16O2/c23-12-15-8-4-10-17-19(14-6-2-1-3-7-14)18-11-5-9-16-13-24-22(20(15)17)21(16)18/h1-11,23H,12-13H2. The van der Waals surface area contributed by atoms with Crippen molar-refractivity contribution in [1.82, 2.24) is 0 Å². The molecule has 0 spiro atoms. The minimum absolute atomic E-state index is 0.00953. The van der Waals surface area contributed by atoms with Crippen LogP contribution < -0.4 is 4.74 Å². The number of fused-ring (bicyclic) bond motifs is 2. The largest absolute Gasteiger partial charge is 0.488 e. The Bertz CT molecular complexity index is 1080. The van der Waals surface area contributed by atoms with E-state index in [1.165, 1.54) is 27.5 Å². The van der Waals surface area contributed by atoms with Gasteiger partial charge in [0.25, 0.3) is 0 Å². The van der Waals surface area contributed by atoms with E-state index in [1.54, 1.807) is 0 Å². The Kier molecular flexibility index (Phi) is 2.88. The van der Waals surface area contributed by atoms with Gasteiger partial charge in [0, 0.05) is 16.3 Å². The second-order valence-electron chi connectivity index (χ2n) is 6.20. The predicted molar refractivity (Wildman–Crippen MR) is 97.1 cm³/mol. The van der Waals surface area contributed by atoms with Crippen molar-refractivity contribution in [2.75, 3.05) is 0 Å². The van der Waals surface area contributed by atoms with Gasteiger partial charge in [-0.15, -0.1) is 0 Å². The Morgan fingerprint density at radius 3 is 2.33 bits per heavy atom. The highest BCUT2D eigenvalue weighted by Gasteiger charge is 2.24. The smallest absolute Gasteiger partial charge is 0.136 e. The Balaban J connectivity index is 2.07. The van der Waals surface area contributed by atoms with Gasteiger partial charge in [-0.1, -0.05) is 66.7 Å². The van der Waals surface area contributed by atoms with E-state index in [0.717, 1.165) is 22.1 Å². The van der Waals surface area contributed by atoms with Crippen LogP contribution >= 0.6 is 0 Å². The number of aliphatic hydroxyl groups excluding tert-OH is 1. The second-order valence-corrected chi connectivity index (χ2v) is 6.20. The maximum absolute atomic E-state index is 9.85. The van der Waals surface area contributed by atoms with E-state index in [1.807, 2.05) is 18.2 Å². The normalized spacial score (nSPS) is 12.7. The van der Waals surface area contributed by atoms with E-state index in [2.05, 4.69) is 48.5 Å². The van der Waals surface area contributed by atoms with Crippen LogP contribution in [0.15, 0.2) is 66.7 Å². The first-order chi connectivity index (χ1) is 11.9. The number of benzene rings is 4. The van der Waals surface area contributed by atoms with Crippen LogP contribution in [0.2, 0.25) is 0 Å². The quantitative estimate of drug-likeness (QED) is 0.525. The first kappa shape index (κ1) is 13.6. The molecule has 116 valence electrons. The molecular formula is C22H16O2. The lowest BCUT2D eigenvalue weighted by molar-refractivity contribution is 0.282. The van der Waals surface area contributed by atoms with Crippen molar-refractivity contribution >= 4 is 21.5 Å². The molecule has 0 unspecified atom stereocenters. The van der Waals surface area contributed by atoms with Gasteiger partial charge in [-0.3, -0.25) is 0 Å². The molecule has 2 nitrogen and oxygen atoms in total. The highest BCUT2D eigenvalue weighted by atomic mass is 16.5. The summed E-state index contributed by atoms with van der Waals surface area (Å²) < 4.78 is 6.05. The molecule has 0 atom stereocenters. The average Bonchev–Trinajstić information content (AvgIpc) is 3.08. The third-order valence-electron chi connectivity index (χ3n) is 4.90. The van der Waals surface area contributed by atoms with Gasteiger partial charge in [-0.05, 0) is 27.5 Å². The van der Waals surface area contributed by atoms with E-state index in [0.29, 0.717) is 6.61 Å². The third kappa shape index (κ3) is 1.75. The van der Waals surface area contributed by atoms with Crippen molar-refractivity contribution in [3.8, 4) is 16.9 Å². The minimum Gasteiger partial charge on any atom is -0.488 e. The van der Waals surface area contributed by atoms with E-state index < -0.39 is 0 Å². The van der Waals surface area contributed by atoms with E-state index in [-0.39, 0.29) is 6.61 Å². The number of hydrogen-bond acceptors (Lipinski definition) is 2. The van der Waals surface area contributed by atoms with E-state index in [4.69, 9.17) is 4.74 Å². The number of aliphatic hydroxyl groups is 1. The van der Waals surface area contributed by atoms with Crippen molar-refractivity contribution in [1.29, 1.82) is 0 Å². The molecule has 0 saturated heterocycles. The third-order valence-corrected chi connectivity index (χ3v) is 4.90. The Morgan fingerprint density at radius 2 is 1.54 bits per heavy atom. The van der Waals surface area contributed by atoms with Gasteiger partial charge in [0.05, 0.1) is 6.61 Å². The Labute approximate surface area is 139 Å². The predicted octanol–water partition coefficient (Wildman–Crippen LogP) is 5.04. The lowest BCUT2D eigenvalue weighted by Crippen LogP contribution is -1.92. The molecule has 5 rings (SSSR count). The lowest BCUT2D eigenvalue weighted by Gasteiger charge is -2.16. The van der Waals surface area contributed by atoms with Crippen molar-refractivity contribution in [3.05, 3.63) is 77.9 Å². The van der Waals surface area contributed by atoms with Crippen molar-refractivity contribution in [2.45, 2.75) is 13.2 Å². The Morgan fingerprint density at radius 1 is 0.792 bits per heavy atom. The van der Waals surface area contributed by atoms with Gasteiger partial charge in [0.15, 0.2) is 0 Å². The van der Waals surface area contributed by atoms with Crippen molar-refractivity contribution in [2.24, 2.45) is 0 Å². The first-order valence-electron chi connectivity index (χ1n) is 8.16. The SMILES string of the molecule is OCc1cccc2c(-c3ccccc3)c3cccc4c3c(c12)OC4. The fourth-order valence-corrected chi connectivity index (χ4v) is 3.89. The molecule has 0 radical (unpaired) electrons. The van der Waals surface area contributed by atoms with Crippen LogP contribution in [0.5, 0.6) is 5.75 Å². The first-order valence-corrected chi connectivity index (χ1v) is 8.16. The zero-order valence-corrected chi connectivity index (χ0v) is 13.1. The van der Waals surface area contributed by atoms with Crippen LogP contribution in [0.3, 0.4) is 0 Å². The van der Waals surface area contributed by atoms with Gasteiger partial charge < -0.3 is 9.84 Å². The van der Waals surface area contributed by atoms with Crippen LogP contribution in [-0.4, -0.2) is 5.11 Å². The number of ether oxygens (including phenoxy) is 1. The molecule has 0 aliphatic carbocycles. The maximum Gasteiger partial charge on any atom is 0.136 e. The topological polar surface area (TPSA) is 29.5 Å². The summed E-state index contributed by atoms with van der Waals surface area (Å²) in [6, 6.07) is 23.0. The van der Waals surface area contributed by atoms with Crippen LogP contribution in [0.25, 0.3) is 32.7 Å². The molecule has 1 N–H and O–H groups in total. The second kappa shape index (κ2) is 5.08. The van der Waals surface area contributed by atoms with Crippen LogP contribution in [-0.2, 0) is 13.2 Å². The van der Waals surface area contributed by atoms with Crippen LogP contribution in [0, 0.1) is 0 Å². The van der Waals surface area contributed by atoms with Crippen molar-refractivity contribution in [3.63, 3.8) is 0 Å². The summed E-state index contributed by atoms with van der Waals surface area (Å²) in [6.07, 6.45) is 0. The van der Waals surface area contributed by atoms with Gasteiger partial charge >= 0.3 is 0 Å². The highest BCUT2D eigenvalue weighted by molar-refractivity contribution is 6.19. The van der Waals surface area contributed by atoms with Gasteiger partial charge in [-0.2, -0.15) is 0 Å². The molecule has 24 heavy (non-hydrogen) atoms. The van der Waals surface area contributed by atoms with E-state index >= 15 is 0 Å². The summed E-state index contributed by atoms with van der Waals surface area (Å²) >= 11 is 0. The molecule has 2 heteroatoms. The van der Waals surface area contributed by atoms with Gasteiger partial charge in [0.2, 0.25) is 0 Å². The molecule has 0 aromatic heterocycles. The molecule has 0 fully saturated rings. The molecule has 4 aromatic rings. The molecule has 0 amide bonds. The summed E-state index contributed by atoms with van der Waals surface area (Å²) in [7, 11) is 0. The average molecular weight is 312 g/mol. The van der Waals surface area contributed by atoms with E-state index in [9.17, 15) is 5.11 Å². The molecule has 0 bridgehead atoms. The summed E-state index contributed by atoms with van der Waals surface area (Å²) in [6.45, 7) is 0.607. The molecule has 0 saturated carbocycles. The summed E-state index contributed by atoms with van der Waals surface area (Å²) in [5.41, 5.74) is 4.53. The number of hydrogen-bond donors (Lipinski definition) is 1. The zero-order chi connectivity index (χ0) is 16.1. The fourth-order valence-electron chi connectivity index (χ4n) is 3.89. The minimum atomic E-state index is 0.00953. The van der Waals surface area contributed by atoms with Gasteiger partial charge in [-0.25, -0.2) is 0 Å². The molecule has 1 heterocycles.